The van der Waals surface area contributed by atoms with E-state index in [0.29, 0.717) is 44.5 Å². The molecule has 1 aromatic heterocycles. The second-order valence-corrected chi connectivity index (χ2v) is 18.9. The zero-order valence-corrected chi connectivity index (χ0v) is 41.0. The zero-order chi connectivity index (χ0) is 45.1. The Morgan fingerprint density at radius 2 is 1.11 bits per heavy atom. The molecular formula is C53H99N3O6. The summed E-state index contributed by atoms with van der Waals surface area (Å²) >= 11 is 0. The van der Waals surface area contributed by atoms with E-state index in [1.165, 1.54) is 96.3 Å². The van der Waals surface area contributed by atoms with Crippen LogP contribution in [-0.4, -0.2) is 77.8 Å². The van der Waals surface area contributed by atoms with Crippen LogP contribution in [0.5, 0.6) is 0 Å². The number of nitrogens with zero attached hydrogens (tertiary/aromatic N) is 1. The van der Waals surface area contributed by atoms with Gasteiger partial charge in [-0.2, -0.15) is 0 Å². The summed E-state index contributed by atoms with van der Waals surface area (Å²) in [6.45, 7) is 12.7. The van der Waals surface area contributed by atoms with Crippen molar-refractivity contribution < 1.29 is 29.0 Å². The third-order valence-electron chi connectivity index (χ3n) is 12.3. The van der Waals surface area contributed by atoms with E-state index in [4.69, 9.17) is 9.47 Å². The molecule has 1 unspecified atom stereocenters. The number of unbranched alkanes of at least 4 members (excludes halogenated alkanes) is 22. The first-order valence-electron chi connectivity index (χ1n) is 26.4. The molecule has 0 saturated carbocycles. The molecule has 0 bridgehead atoms. The first-order valence-corrected chi connectivity index (χ1v) is 26.4. The minimum atomic E-state index is -0.414. The van der Waals surface area contributed by atoms with Gasteiger partial charge in [0.15, 0.2) is 0 Å². The van der Waals surface area contributed by atoms with Crippen LogP contribution >= 0.6 is 0 Å². The molecule has 62 heavy (non-hydrogen) atoms. The second kappa shape index (κ2) is 42.6. The number of H-pyrrole nitrogens is 1. The Labute approximate surface area is 381 Å². The van der Waals surface area contributed by atoms with E-state index in [2.05, 4.69) is 42.9 Å². The molecule has 1 rings (SSSR count). The van der Waals surface area contributed by atoms with Crippen LogP contribution in [0.1, 0.15) is 256 Å². The Balaban J connectivity index is 2.40. The lowest BCUT2D eigenvalue weighted by Crippen LogP contribution is -2.34. The lowest BCUT2D eigenvalue weighted by Gasteiger charge is -2.25. The number of amides is 1. The molecule has 0 aliphatic carbocycles. The fourth-order valence-corrected chi connectivity index (χ4v) is 8.31. The summed E-state index contributed by atoms with van der Waals surface area (Å²) < 4.78 is 11.6. The van der Waals surface area contributed by atoms with E-state index in [1.807, 2.05) is 0 Å². The molecule has 3 N–H and O–H groups in total. The van der Waals surface area contributed by atoms with Crippen molar-refractivity contribution in [3.63, 3.8) is 0 Å². The van der Waals surface area contributed by atoms with Gasteiger partial charge in [-0.25, -0.2) is 0 Å². The van der Waals surface area contributed by atoms with Crippen molar-refractivity contribution in [1.29, 1.82) is 0 Å². The SMILES string of the molecule is CCCCCCCCC(CCCCCCCC)OC(=O)CCCCCCCN(CCCCCC(=O)OCCCCCCCCC(C)C)CC(O)CCCCNC(=O)c1cc[nH]c1. The molecule has 9 nitrogen and oxygen atoms in total. The van der Waals surface area contributed by atoms with Crippen molar-refractivity contribution in [2.45, 2.75) is 258 Å². The fourth-order valence-electron chi connectivity index (χ4n) is 8.31. The Hall–Kier alpha value is -2.39. The van der Waals surface area contributed by atoms with Gasteiger partial charge in [0.1, 0.15) is 6.10 Å². The highest BCUT2D eigenvalue weighted by atomic mass is 16.5. The summed E-state index contributed by atoms with van der Waals surface area (Å²) in [7, 11) is 0. The first kappa shape index (κ1) is 57.6. The maximum Gasteiger partial charge on any atom is 0.306 e. The Morgan fingerprint density at radius 3 is 1.69 bits per heavy atom. The third kappa shape index (κ3) is 37.0. The summed E-state index contributed by atoms with van der Waals surface area (Å²) in [5.74, 6) is 0.630. The standard InChI is InChI=1S/C53H99N3O6/c1-5-7-9-11-17-24-35-50(36-25-18-12-10-8-6-2)62-52(59)38-26-19-15-20-30-42-56(46-49(57)34-28-29-40-55-53(60)48-39-41-54-45-48)43-31-22-27-37-51(58)61-44-32-21-14-13-16-23-33-47(3)4/h39,41,45,47,49-50,54,57H,5-38,40,42-44,46H2,1-4H3,(H,55,60). The normalized spacial score (nSPS) is 12.1. The summed E-state index contributed by atoms with van der Waals surface area (Å²) in [4.78, 5) is 42.7. The molecule has 1 amide bonds. The highest BCUT2D eigenvalue weighted by Gasteiger charge is 2.16. The Bertz CT molecular complexity index is 1130. The topological polar surface area (TPSA) is 121 Å². The fraction of sp³-hybridized carbons (Fsp3) is 0.868. The summed E-state index contributed by atoms with van der Waals surface area (Å²) in [5, 5.41) is 13.9. The number of carbonyl (C=O) groups is 3. The summed E-state index contributed by atoms with van der Waals surface area (Å²) in [6.07, 6.45) is 40.2. The van der Waals surface area contributed by atoms with E-state index in [9.17, 15) is 19.5 Å². The smallest absolute Gasteiger partial charge is 0.306 e. The predicted molar refractivity (Wildman–Crippen MR) is 260 cm³/mol. The number of rotatable bonds is 46. The van der Waals surface area contributed by atoms with Crippen LogP contribution in [0.4, 0.5) is 0 Å². The quantitative estimate of drug-likeness (QED) is 0.0441. The monoisotopic (exact) mass is 874 g/mol. The second-order valence-electron chi connectivity index (χ2n) is 18.9. The summed E-state index contributed by atoms with van der Waals surface area (Å²) in [5.41, 5.74) is 0.634. The van der Waals surface area contributed by atoms with Gasteiger partial charge < -0.3 is 29.8 Å². The predicted octanol–water partition coefficient (Wildman–Crippen LogP) is 13.8. The highest BCUT2D eigenvalue weighted by molar-refractivity contribution is 5.93. The minimum Gasteiger partial charge on any atom is -0.466 e. The van der Waals surface area contributed by atoms with E-state index in [1.54, 1.807) is 18.5 Å². The largest absolute Gasteiger partial charge is 0.466 e. The van der Waals surface area contributed by atoms with Crippen LogP contribution in [0.25, 0.3) is 0 Å². The van der Waals surface area contributed by atoms with Gasteiger partial charge >= 0.3 is 11.9 Å². The molecule has 0 saturated heterocycles. The van der Waals surface area contributed by atoms with Crippen LogP contribution in [-0.2, 0) is 19.1 Å². The van der Waals surface area contributed by atoms with Gasteiger partial charge in [-0.15, -0.1) is 0 Å². The van der Waals surface area contributed by atoms with Gasteiger partial charge in [0.2, 0.25) is 0 Å². The first-order chi connectivity index (χ1) is 30.2. The number of ether oxygens (including phenoxy) is 2. The zero-order valence-electron chi connectivity index (χ0n) is 41.0. The molecule has 9 heteroatoms. The summed E-state index contributed by atoms with van der Waals surface area (Å²) in [6, 6.07) is 1.76. The molecular weight excluding hydrogens is 775 g/mol. The molecule has 0 fully saturated rings. The number of nitrogens with one attached hydrogen (secondary N) is 2. The minimum absolute atomic E-state index is 0.0123. The molecule has 1 aromatic rings. The van der Waals surface area contributed by atoms with Gasteiger partial charge in [-0.05, 0) is 102 Å². The number of aliphatic hydroxyl groups excluding tert-OH is 1. The molecule has 0 aromatic carbocycles. The van der Waals surface area contributed by atoms with Gasteiger partial charge in [0, 0.05) is 38.3 Å². The van der Waals surface area contributed by atoms with E-state index < -0.39 is 6.10 Å². The molecule has 1 heterocycles. The van der Waals surface area contributed by atoms with Gasteiger partial charge in [-0.1, -0.05) is 156 Å². The van der Waals surface area contributed by atoms with Gasteiger partial charge in [-0.3, -0.25) is 14.4 Å². The lowest BCUT2D eigenvalue weighted by atomic mass is 10.0. The van der Waals surface area contributed by atoms with Crippen LogP contribution in [0.3, 0.4) is 0 Å². The Morgan fingerprint density at radius 1 is 0.613 bits per heavy atom. The van der Waals surface area contributed by atoms with Crippen LogP contribution < -0.4 is 5.32 Å². The van der Waals surface area contributed by atoms with Crippen molar-refractivity contribution >= 4 is 17.8 Å². The number of hydrogen-bond donors (Lipinski definition) is 3. The van der Waals surface area contributed by atoms with Crippen molar-refractivity contribution in [3.05, 3.63) is 24.0 Å². The van der Waals surface area contributed by atoms with E-state index in [0.717, 1.165) is 122 Å². The van der Waals surface area contributed by atoms with Crippen LogP contribution in [0, 0.1) is 5.92 Å². The van der Waals surface area contributed by atoms with Crippen molar-refractivity contribution in [3.8, 4) is 0 Å². The number of aromatic amines is 1. The average Bonchev–Trinajstić information content (AvgIpc) is 3.80. The van der Waals surface area contributed by atoms with E-state index in [-0.39, 0.29) is 23.9 Å². The Kier molecular flexibility index (Phi) is 39.6. The van der Waals surface area contributed by atoms with Crippen LogP contribution in [0.2, 0.25) is 0 Å². The number of hydrogen-bond acceptors (Lipinski definition) is 7. The number of esters is 2. The number of carbonyl (C=O) groups excluding carboxylic acids is 3. The van der Waals surface area contributed by atoms with Crippen molar-refractivity contribution in [2.24, 2.45) is 5.92 Å². The van der Waals surface area contributed by atoms with Crippen molar-refractivity contribution in [2.75, 3.05) is 32.8 Å². The number of aromatic nitrogens is 1. The van der Waals surface area contributed by atoms with Crippen molar-refractivity contribution in [1.82, 2.24) is 15.2 Å². The highest BCUT2D eigenvalue weighted by Crippen LogP contribution is 2.19. The third-order valence-corrected chi connectivity index (χ3v) is 12.3. The molecule has 0 aliphatic heterocycles. The molecule has 1 atom stereocenters. The molecule has 0 radical (unpaired) electrons. The van der Waals surface area contributed by atoms with E-state index >= 15 is 0 Å². The molecule has 362 valence electrons. The molecule has 0 aliphatic rings. The average molecular weight is 874 g/mol. The maximum atomic E-state index is 12.9. The number of aliphatic hydroxyl groups is 1. The molecule has 0 spiro atoms. The van der Waals surface area contributed by atoms with Gasteiger partial charge in [0.25, 0.3) is 5.91 Å². The van der Waals surface area contributed by atoms with Crippen LogP contribution in [0.15, 0.2) is 18.5 Å². The van der Waals surface area contributed by atoms with Gasteiger partial charge in [0.05, 0.1) is 18.3 Å². The maximum absolute atomic E-state index is 12.9. The lowest BCUT2D eigenvalue weighted by molar-refractivity contribution is -0.150.